The fourth-order valence-corrected chi connectivity index (χ4v) is 2.30. The number of halogens is 1. The highest BCUT2D eigenvalue weighted by Gasteiger charge is 2.16. The molecule has 6 heteroatoms. The molecule has 0 N–H and O–H groups in total. The van der Waals surface area contributed by atoms with Crippen molar-refractivity contribution in [2.45, 2.75) is 19.9 Å². The predicted molar refractivity (Wildman–Crippen MR) is 91.6 cm³/mol. The summed E-state index contributed by atoms with van der Waals surface area (Å²) >= 11 is 6.05. The maximum atomic E-state index is 12.5. The standard InChI is InChI=1S/C18H18ClN3O2/c1-14-16(19)7-4-8-17(14)24-13-18(23)22(11-5-9-20)12-15-6-2-3-10-21-15/h2-4,6-8,10H,5,11-13H2,1H3. The molecule has 5 nitrogen and oxygen atoms in total. The summed E-state index contributed by atoms with van der Waals surface area (Å²) in [4.78, 5) is 18.2. The van der Waals surface area contributed by atoms with Gasteiger partial charge in [0.15, 0.2) is 6.61 Å². The minimum absolute atomic E-state index is 0.112. The summed E-state index contributed by atoms with van der Waals surface area (Å²) in [5, 5.41) is 9.38. The fourth-order valence-electron chi connectivity index (χ4n) is 2.14. The molecule has 0 aliphatic carbocycles. The first-order chi connectivity index (χ1) is 11.6. The summed E-state index contributed by atoms with van der Waals surface area (Å²) in [6, 6.07) is 12.9. The van der Waals surface area contributed by atoms with Crippen LogP contribution in [0.15, 0.2) is 42.6 Å². The van der Waals surface area contributed by atoms with E-state index in [1.807, 2.05) is 25.1 Å². The number of ether oxygens (including phenoxy) is 1. The average molecular weight is 344 g/mol. The van der Waals surface area contributed by atoms with Gasteiger partial charge in [-0.1, -0.05) is 23.7 Å². The van der Waals surface area contributed by atoms with E-state index >= 15 is 0 Å². The highest BCUT2D eigenvalue weighted by atomic mass is 35.5. The summed E-state index contributed by atoms with van der Waals surface area (Å²) in [6.07, 6.45) is 1.93. The third-order valence-electron chi connectivity index (χ3n) is 3.49. The van der Waals surface area contributed by atoms with Crippen LogP contribution in [0.1, 0.15) is 17.7 Å². The molecule has 0 radical (unpaired) electrons. The van der Waals surface area contributed by atoms with Crippen molar-refractivity contribution in [3.8, 4) is 11.8 Å². The third kappa shape index (κ3) is 4.97. The number of pyridine rings is 1. The Morgan fingerprint density at radius 3 is 2.88 bits per heavy atom. The maximum absolute atomic E-state index is 12.5. The summed E-state index contributed by atoms with van der Waals surface area (Å²) in [6.45, 7) is 2.41. The zero-order chi connectivity index (χ0) is 17.4. The van der Waals surface area contributed by atoms with E-state index < -0.39 is 0 Å². The van der Waals surface area contributed by atoms with Gasteiger partial charge < -0.3 is 9.64 Å². The Morgan fingerprint density at radius 1 is 1.33 bits per heavy atom. The van der Waals surface area contributed by atoms with Gasteiger partial charge in [-0.25, -0.2) is 0 Å². The lowest BCUT2D eigenvalue weighted by atomic mass is 10.2. The van der Waals surface area contributed by atoms with Crippen LogP contribution in [0.5, 0.6) is 5.75 Å². The molecular weight excluding hydrogens is 326 g/mol. The molecule has 0 atom stereocenters. The van der Waals surface area contributed by atoms with Crippen LogP contribution >= 0.6 is 11.6 Å². The van der Waals surface area contributed by atoms with Crippen LogP contribution < -0.4 is 4.74 Å². The second kappa shape index (κ2) is 8.90. The molecule has 0 saturated carbocycles. The lowest BCUT2D eigenvalue weighted by molar-refractivity contribution is -0.134. The van der Waals surface area contributed by atoms with Crippen LogP contribution in [0.2, 0.25) is 5.02 Å². The van der Waals surface area contributed by atoms with Crippen molar-refractivity contribution in [1.82, 2.24) is 9.88 Å². The van der Waals surface area contributed by atoms with Gasteiger partial charge >= 0.3 is 0 Å². The van der Waals surface area contributed by atoms with Crippen molar-refractivity contribution in [2.75, 3.05) is 13.2 Å². The Morgan fingerprint density at radius 2 is 2.17 bits per heavy atom. The number of hydrogen-bond acceptors (Lipinski definition) is 4. The van der Waals surface area contributed by atoms with Crippen molar-refractivity contribution in [1.29, 1.82) is 5.26 Å². The number of carbonyl (C=O) groups is 1. The fraction of sp³-hybridized carbons (Fsp3) is 0.278. The van der Waals surface area contributed by atoms with Crippen LogP contribution in [0, 0.1) is 18.3 Å². The van der Waals surface area contributed by atoms with Crippen molar-refractivity contribution in [2.24, 2.45) is 0 Å². The first kappa shape index (κ1) is 17.8. The Labute approximate surface area is 146 Å². The highest BCUT2D eigenvalue weighted by molar-refractivity contribution is 6.31. The van der Waals surface area contributed by atoms with E-state index in [9.17, 15) is 4.79 Å². The molecule has 0 unspecified atom stereocenters. The summed E-state index contributed by atoms with van der Waals surface area (Å²) in [5.74, 6) is 0.379. The van der Waals surface area contributed by atoms with Crippen LogP contribution in [0.4, 0.5) is 0 Å². The molecule has 1 aromatic carbocycles. The molecule has 0 spiro atoms. The van der Waals surface area contributed by atoms with Gasteiger partial charge in [0.1, 0.15) is 5.75 Å². The summed E-state index contributed by atoms with van der Waals surface area (Å²) in [5.41, 5.74) is 1.56. The summed E-state index contributed by atoms with van der Waals surface area (Å²) < 4.78 is 5.60. The Balaban J connectivity index is 2.02. The van der Waals surface area contributed by atoms with Gasteiger partial charge in [-0.2, -0.15) is 5.26 Å². The van der Waals surface area contributed by atoms with Gasteiger partial charge in [0.25, 0.3) is 5.91 Å². The van der Waals surface area contributed by atoms with Gasteiger partial charge in [0.05, 0.1) is 24.7 Å². The molecular formula is C18H18ClN3O2. The van der Waals surface area contributed by atoms with E-state index in [-0.39, 0.29) is 18.9 Å². The number of nitrogens with zero attached hydrogens (tertiary/aromatic N) is 3. The number of aromatic nitrogens is 1. The first-order valence-corrected chi connectivity index (χ1v) is 7.92. The largest absolute Gasteiger partial charge is 0.483 e. The second-order valence-corrected chi connectivity index (χ2v) is 5.60. The first-order valence-electron chi connectivity index (χ1n) is 7.54. The van der Waals surface area contributed by atoms with Crippen LogP contribution in [-0.4, -0.2) is 28.9 Å². The van der Waals surface area contributed by atoms with E-state index in [1.54, 1.807) is 29.3 Å². The molecule has 2 aromatic rings. The van der Waals surface area contributed by atoms with E-state index in [4.69, 9.17) is 21.6 Å². The number of benzene rings is 1. The molecule has 0 aliphatic rings. The number of nitriles is 1. The SMILES string of the molecule is Cc1c(Cl)cccc1OCC(=O)N(CCC#N)Cc1ccccn1. The number of hydrogen-bond donors (Lipinski definition) is 0. The Hall–Kier alpha value is -2.58. The molecule has 0 bridgehead atoms. The lowest BCUT2D eigenvalue weighted by Crippen LogP contribution is -2.35. The van der Waals surface area contributed by atoms with E-state index in [0.29, 0.717) is 23.9 Å². The van der Waals surface area contributed by atoms with Gasteiger partial charge in [-0.15, -0.1) is 0 Å². The van der Waals surface area contributed by atoms with Gasteiger partial charge in [0.2, 0.25) is 0 Å². The van der Waals surface area contributed by atoms with Crippen LogP contribution in [0.3, 0.4) is 0 Å². The van der Waals surface area contributed by atoms with Gasteiger partial charge in [-0.3, -0.25) is 9.78 Å². The molecule has 0 fully saturated rings. The predicted octanol–water partition coefficient (Wildman–Crippen LogP) is 3.36. The molecule has 2 rings (SSSR count). The van der Waals surface area contributed by atoms with Crippen LogP contribution in [-0.2, 0) is 11.3 Å². The maximum Gasteiger partial charge on any atom is 0.260 e. The second-order valence-electron chi connectivity index (χ2n) is 5.20. The van der Waals surface area contributed by atoms with Crippen molar-refractivity contribution in [3.63, 3.8) is 0 Å². The molecule has 0 aliphatic heterocycles. The lowest BCUT2D eigenvalue weighted by Gasteiger charge is -2.21. The van der Waals surface area contributed by atoms with Crippen molar-refractivity contribution in [3.05, 3.63) is 58.9 Å². The third-order valence-corrected chi connectivity index (χ3v) is 3.90. The van der Waals surface area contributed by atoms with E-state index in [0.717, 1.165) is 11.3 Å². The smallest absolute Gasteiger partial charge is 0.260 e. The molecule has 124 valence electrons. The summed E-state index contributed by atoms with van der Waals surface area (Å²) in [7, 11) is 0. The Bertz CT molecular complexity index is 729. The molecule has 1 aromatic heterocycles. The molecule has 1 amide bonds. The zero-order valence-corrected chi connectivity index (χ0v) is 14.2. The Kier molecular flexibility index (Phi) is 6.59. The number of rotatable bonds is 7. The number of carbonyl (C=O) groups excluding carboxylic acids is 1. The molecule has 1 heterocycles. The van der Waals surface area contributed by atoms with Crippen molar-refractivity contribution < 1.29 is 9.53 Å². The quantitative estimate of drug-likeness (QED) is 0.773. The molecule has 24 heavy (non-hydrogen) atoms. The van der Waals surface area contributed by atoms with Gasteiger partial charge in [0, 0.05) is 23.3 Å². The minimum atomic E-state index is -0.199. The van der Waals surface area contributed by atoms with Gasteiger partial charge in [-0.05, 0) is 31.2 Å². The zero-order valence-electron chi connectivity index (χ0n) is 13.4. The van der Waals surface area contributed by atoms with Crippen LogP contribution in [0.25, 0.3) is 0 Å². The van der Waals surface area contributed by atoms with E-state index in [2.05, 4.69) is 11.1 Å². The highest BCUT2D eigenvalue weighted by Crippen LogP contribution is 2.25. The van der Waals surface area contributed by atoms with E-state index in [1.165, 1.54) is 0 Å². The normalized spacial score (nSPS) is 10.0. The average Bonchev–Trinajstić information content (AvgIpc) is 2.60. The number of amides is 1. The monoisotopic (exact) mass is 343 g/mol. The molecule has 0 saturated heterocycles. The topological polar surface area (TPSA) is 66.2 Å². The van der Waals surface area contributed by atoms with Crippen molar-refractivity contribution >= 4 is 17.5 Å². The minimum Gasteiger partial charge on any atom is -0.483 e.